The summed E-state index contributed by atoms with van der Waals surface area (Å²) in [6.07, 6.45) is 0. The zero-order valence-corrected chi connectivity index (χ0v) is 9.15. The lowest BCUT2D eigenvalue weighted by Gasteiger charge is -2.01. The van der Waals surface area contributed by atoms with Gasteiger partial charge in [0, 0.05) is 10.3 Å². The third kappa shape index (κ3) is 2.00. The summed E-state index contributed by atoms with van der Waals surface area (Å²) in [7, 11) is 0. The summed E-state index contributed by atoms with van der Waals surface area (Å²) < 4.78 is 3.03. The molecule has 0 fully saturated rings. The topological polar surface area (TPSA) is 59.6 Å². The van der Waals surface area contributed by atoms with Gasteiger partial charge in [-0.2, -0.15) is 14.7 Å². The van der Waals surface area contributed by atoms with Crippen molar-refractivity contribution >= 4 is 28.8 Å². The number of benzene rings is 1. The highest BCUT2D eigenvalue weighted by atomic mass is 32.2. The molecule has 0 amide bonds. The normalized spacial score (nSPS) is 14.1. The van der Waals surface area contributed by atoms with Crippen LogP contribution < -0.4 is 4.13 Å². The highest BCUT2D eigenvalue weighted by Crippen LogP contribution is 2.35. The Morgan fingerprint density at radius 3 is 2.53 bits per heavy atom. The number of rotatable bonds is 1. The zero-order chi connectivity index (χ0) is 10.7. The number of hydrogen-bond donors (Lipinski definition) is 1. The summed E-state index contributed by atoms with van der Waals surface area (Å²) in [6, 6.07) is 9.29. The van der Waals surface area contributed by atoms with Crippen LogP contribution in [0.25, 0.3) is 4.91 Å². The minimum Gasteiger partial charge on any atom is -0.200 e. The fourth-order valence-corrected chi connectivity index (χ4v) is 2.75. The average molecular weight is 231 g/mol. The predicted molar refractivity (Wildman–Crippen MR) is 62.2 cm³/mol. The lowest BCUT2D eigenvalue weighted by molar-refractivity contribution is 1.42. The van der Waals surface area contributed by atoms with Crippen LogP contribution >= 0.6 is 23.9 Å². The van der Waals surface area contributed by atoms with Crippen molar-refractivity contribution in [2.45, 2.75) is 0 Å². The molecule has 1 aliphatic heterocycles. The van der Waals surface area contributed by atoms with Crippen molar-refractivity contribution in [3.8, 4) is 12.1 Å². The highest BCUT2D eigenvalue weighted by Gasteiger charge is 2.10. The molecule has 0 unspecified atom stereocenters. The average Bonchev–Trinajstić information content (AvgIpc) is 2.81. The monoisotopic (exact) mass is 231 g/mol. The van der Waals surface area contributed by atoms with Gasteiger partial charge in [0.05, 0.1) is 11.1 Å². The fraction of sp³-hybridized carbons (Fsp3) is 0. The SMILES string of the molecule is N#Cc1ccc(C2=CSNS2)cc1C#N. The second-order valence-corrected chi connectivity index (χ2v) is 4.55. The number of nitrogens with zero attached hydrogens (tertiary/aromatic N) is 2. The second kappa shape index (κ2) is 4.41. The fourth-order valence-electron chi connectivity index (χ4n) is 1.19. The van der Waals surface area contributed by atoms with E-state index in [0.717, 1.165) is 10.5 Å². The van der Waals surface area contributed by atoms with Gasteiger partial charge in [-0.25, -0.2) is 0 Å². The summed E-state index contributed by atoms with van der Waals surface area (Å²) >= 11 is 3.01. The molecule has 0 bridgehead atoms. The van der Waals surface area contributed by atoms with Crippen molar-refractivity contribution in [1.29, 1.82) is 10.5 Å². The minimum atomic E-state index is 0.422. The Labute approximate surface area is 96.0 Å². The molecule has 0 spiro atoms. The van der Waals surface area contributed by atoms with Crippen LogP contribution in [0.2, 0.25) is 0 Å². The standard InChI is InChI=1S/C10H5N3S2/c11-4-8-2-1-7(3-9(8)5-12)10-6-14-13-15-10/h1-3,6,13H. The summed E-state index contributed by atoms with van der Waals surface area (Å²) in [5.74, 6) is 0. The van der Waals surface area contributed by atoms with Crippen LogP contribution in [0, 0.1) is 22.7 Å². The maximum absolute atomic E-state index is 8.87. The van der Waals surface area contributed by atoms with E-state index in [1.807, 2.05) is 23.6 Å². The first kappa shape index (κ1) is 10.1. The van der Waals surface area contributed by atoms with E-state index in [1.165, 1.54) is 23.9 Å². The van der Waals surface area contributed by atoms with Gasteiger partial charge >= 0.3 is 0 Å². The third-order valence-corrected chi connectivity index (χ3v) is 3.71. The molecule has 1 aromatic carbocycles. The molecule has 3 nitrogen and oxygen atoms in total. The molecule has 0 aliphatic carbocycles. The van der Waals surface area contributed by atoms with E-state index in [0.29, 0.717) is 11.1 Å². The molecular formula is C10H5N3S2. The molecular weight excluding hydrogens is 226 g/mol. The van der Waals surface area contributed by atoms with Gasteiger partial charge in [0.1, 0.15) is 12.1 Å². The lowest BCUT2D eigenvalue weighted by Crippen LogP contribution is -1.87. The summed E-state index contributed by atoms with van der Waals surface area (Å²) in [5, 5.41) is 19.6. The first-order valence-corrected chi connectivity index (χ1v) is 5.77. The number of nitriles is 2. The Bertz CT molecular complexity index is 508. The maximum atomic E-state index is 8.87. The maximum Gasteiger partial charge on any atom is 0.101 e. The molecule has 1 aliphatic rings. The van der Waals surface area contributed by atoms with Crippen LogP contribution in [-0.4, -0.2) is 0 Å². The molecule has 5 heteroatoms. The van der Waals surface area contributed by atoms with Gasteiger partial charge in [-0.05, 0) is 41.6 Å². The van der Waals surface area contributed by atoms with Crippen LogP contribution in [0.1, 0.15) is 16.7 Å². The smallest absolute Gasteiger partial charge is 0.101 e. The van der Waals surface area contributed by atoms with Crippen molar-refractivity contribution in [3.63, 3.8) is 0 Å². The Hall–Kier alpha value is -1.40. The predicted octanol–water partition coefficient (Wildman–Crippen LogP) is 2.63. The van der Waals surface area contributed by atoms with Gasteiger partial charge < -0.3 is 0 Å². The molecule has 0 aromatic heterocycles. The molecule has 0 saturated carbocycles. The van der Waals surface area contributed by atoms with Gasteiger partial charge in [0.15, 0.2) is 0 Å². The summed E-state index contributed by atoms with van der Waals surface area (Å²) in [5.41, 5.74) is 1.81. The number of nitrogens with one attached hydrogen (secondary N) is 1. The Balaban J connectivity index is 2.45. The largest absolute Gasteiger partial charge is 0.200 e. The zero-order valence-electron chi connectivity index (χ0n) is 7.52. The van der Waals surface area contributed by atoms with Crippen LogP contribution in [0.3, 0.4) is 0 Å². The van der Waals surface area contributed by atoms with E-state index in [2.05, 4.69) is 4.13 Å². The van der Waals surface area contributed by atoms with E-state index in [1.54, 1.807) is 12.1 Å². The van der Waals surface area contributed by atoms with Crippen molar-refractivity contribution in [1.82, 2.24) is 4.13 Å². The van der Waals surface area contributed by atoms with Crippen LogP contribution in [0.4, 0.5) is 0 Å². The van der Waals surface area contributed by atoms with Crippen molar-refractivity contribution in [3.05, 3.63) is 40.3 Å². The van der Waals surface area contributed by atoms with Crippen molar-refractivity contribution in [2.24, 2.45) is 0 Å². The molecule has 0 atom stereocenters. The molecule has 1 N–H and O–H groups in total. The van der Waals surface area contributed by atoms with Crippen molar-refractivity contribution < 1.29 is 0 Å². The summed E-state index contributed by atoms with van der Waals surface area (Å²) in [4.78, 5) is 1.07. The van der Waals surface area contributed by atoms with Crippen molar-refractivity contribution in [2.75, 3.05) is 0 Å². The van der Waals surface area contributed by atoms with Gasteiger partial charge in [0.2, 0.25) is 0 Å². The van der Waals surface area contributed by atoms with Crippen LogP contribution in [0.5, 0.6) is 0 Å². The molecule has 72 valence electrons. The lowest BCUT2D eigenvalue weighted by atomic mass is 10.1. The number of hydrogen-bond acceptors (Lipinski definition) is 5. The van der Waals surface area contributed by atoms with Crippen LogP contribution in [0.15, 0.2) is 23.6 Å². The van der Waals surface area contributed by atoms with E-state index < -0.39 is 0 Å². The Morgan fingerprint density at radius 2 is 1.93 bits per heavy atom. The summed E-state index contributed by atoms with van der Waals surface area (Å²) in [6.45, 7) is 0. The quantitative estimate of drug-likeness (QED) is 0.753. The Kier molecular flexibility index (Phi) is 2.98. The second-order valence-electron chi connectivity index (χ2n) is 2.77. The first-order valence-electron chi connectivity index (χ1n) is 4.07. The van der Waals surface area contributed by atoms with E-state index >= 15 is 0 Å². The highest BCUT2D eigenvalue weighted by molar-refractivity contribution is 8.22. The molecule has 1 aromatic rings. The molecule has 1 heterocycles. The minimum absolute atomic E-state index is 0.422. The van der Waals surface area contributed by atoms with E-state index in [9.17, 15) is 0 Å². The van der Waals surface area contributed by atoms with Gasteiger partial charge in [-0.1, -0.05) is 6.07 Å². The van der Waals surface area contributed by atoms with Crippen LogP contribution in [-0.2, 0) is 0 Å². The molecule has 0 saturated heterocycles. The Morgan fingerprint density at radius 1 is 1.13 bits per heavy atom. The molecule has 2 rings (SSSR count). The van der Waals surface area contributed by atoms with Gasteiger partial charge in [0.25, 0.3) is 0 Å². The van der Waals surface area contributed by atoms with Gasteiger partial charge in [-0.15, -0.1) is 0 Å². The molecule has 0 radical (unpaired) electrons. The first-order chi connectivity index (χ1) is 7.35. The van der Waals surface area contributed by atoms with E-state index in [-0.39, 0.29) is 0 Å². The van der Waals surface area contributed by atoms with Gasteiger partial charge in [-0.3, -0.25) is 0 Å². The van der Waals surface area contributed by atoms with E-state index in [4.69, 9.17) is 10.5 Å². The molecule has 15 heavy (non-hydrogen) atoms. The third-order valence-electron chi connectivity index (χ3n) is 1.91.